The van der Waals surface area contributed by atoms with Crippen molar-refractivity contribution in [3.8, 4) is 0 Å². The summed E-state index contributed by atoms with van der Waals surface area (Å²) in [4.78, 5) is 8.30. The van der Waals surface area contributed by atoms with Crippen LogP contribution in [-0.2, 0) is 0 Å². The minimum Gasteiger partial charge on any atom is -0.463 e. The number of nitrogens with zero attached hydrogens (tertiary/aromatic N) is 2. The van der Waals surface area contributed by atoms with Gasteiger partial charge in [0.2, 0.25) is 0 Å². The van der Waals surface area contributed by atoms with Crippen molar-refractivity contribution in [3.05, 3.63) is 35.8 Å². The number of fused-ring (bicyclic) bond motifs is 3. The molecule has 0 saturated heterocycles. The van der Waals surface area contributed by atoms with Crippen molar-refractivity contribution in [2.75, 3.05) is 0 Å². The summed E-state index contributed by atoms with van der Waals surface area (Å²) < 4.78 is 5.35. The highest BCUT2D eigenvalue weighted by molar-refractivity contribution is 6.37. The van der Waals surface area contributed by atoms with Gasteiger partial charge in [-0.1, -0.05) is 11.6 Å². The molecule has 0 bridgehead atoms. The van der Waals surface area contributed by atoms with Crippen LogP contribution < -0.4 is 0 Å². The third-order valence-electron chi connectivity index (χ3n) is 2.13. The summed E-state index contributed by atoms with van der Waals surface area (Å²) in [6, 6.07) is 3.58. The van der Waals surface area contributed by atoms with E-state index in [0.717, 1.165) is 16.4 Å². The van der Waals surface area contributed by atoms with Gasteiger partial charge in [-0.2, -0.15) is 0 Å². The zero-order valence-corrected chi connectivity index (χ0v) is 7.82. The second kappa shape index (κ2) is 2.69. The molecule has 0 amide bonds. The Morgan fingerprint density at radius 3 is 3.07 bits per heavy atom. The van der Waals surface area contributed by atoms with Crippen LogP contribution in [0.5, 0.6) is 0 Å². The molecule has 0 aliphatic heterocycles. The molecule has 0 radical (unpaired) electrons. The van der Waals surface area contributed by atoms with E-state index in [9.17, 15) is 0 Å². The molecule has 3 aromatic heterocycles. The Hall–Kier alpha value is -1.61. The monoisotopic (exact) mass is 204 g/mol. The summed E-state index contributed by atoms with van der Waals surface area (Å²) in [5.41, 5.74) is 1.35. The average molecular weight is 205 g/mol. The van der Waals surface area contributed by atoms with Gasteiger partial charge in [0.25, 0.3) is 0 Å². The minimum absolute atomic E-state index is 0.611. The first-order valence-corrected chi connectivity index (χ1v) is 4.50. The maximum absolute atomic E-state index is 6.05. The third-order valence-corrected chi connectivity index (χ3v) is 2.44. The van der Waals surface area contributed by atoms with Crippen molar-refractivity contribution in [2.45, 2.75) is 0 Å². The first kappa shape index (κ1) is 7.76. The molecule has 0 fully saturated rings. The van der Waals surface area contributed by atoms with Crippen molar-refractivity contribution in [1.29, 1.82) is 0 Å². The molecular weight excluding hydrogens is 200 g/mol. The SMILES string of the molecule is Clc1ccnc2ncc3ccoc3c12. The van der Waals surface area contributed by atoms with Gasteiger partial charge < -0.3 is 4.42 Å². The summed E-state index contributed by atoms with van der Waals surface area (Å²) in [5.74, 6) is 0. The Kier molecular flexibility index (Phi) is 1.49. The quantitative estimate of drug-likeness (QED) is 0.565. The number of aromatic nitrogens is 2. The topological polar surface area (TPSA) is 38.9 Å². The van der Waals surface area contributed by atoms with Gasteiger partial charge in [-0.3, -0.25) is 0 Å². The Morgan fingerprint density at radius 2 is 2.14 bits per heavy atom. The van der Waals surface area contributed by atoms with E-state index in [1.807, 2.05) is 6.07 Å². The van der Waals surface area contributed by atoms with Crippen molar-refractivity contribution in [2.24, 2.45) is 0 Å². The average Bonchev–Trinajstić information content (AvgIpc) is 2.65. The summed E-state index contributed by atoms with van der Waals surface area (Å²) in [7, 11) is 0. The number of hydrogen-bond donors (Lipinski definition) is 0. The van der Waals surface area contributed by atoms with Crippen LogP contribution in [0.25, 0.3) is 22.0 Å². The molecule has 0 N–H and O–H groups in total. The third kappa shape index (κ3) is 0.930. The van der Waals surface area contributed by atoms with Crippen LogP contribution in [0.4, 0.5) is 0 Å². The molecule has 0 unspecified atom stereocenters. The van der Waals surface area contributed by atoms with Gasteiger partial charge in [0.05, 0.1) is 16.7 Å². The molecule has 0 saturated carbocycles. The zero-order chi connectivity index (χ0) is 9.54. The predicted molar refractivity (Wildman–Crippen MR) is 54.3 cm³/mol. The molecule has 0 aliphatic rings. The van der Waals surface area contributed by atoms with E-state index in [4.69, 9.17) is 16.0 Å². The second-order valence-electron chi connectivity index (χ2n) is 2.95. The Balaban J connectivity index is 2.67. The highest BCUT2D eigenvalue weighted by atomic mass is 35.5. The van der Waals surface area contributed by atoms with E-state index in [1.54, 1.807) is 24.7 Å². The normalized spacial score (nSPS) is 11.2. The van der Waals surface area contributed by atoms with E-state index >= 15 is 0 Å². The largest absolute Gasteiger partial charge is 0.463 e. The van der Waals surface area contributed by atoms with Gasteiger partial charge >= 0.3 is 0 Å². The van der Waals surface area contributed by atoms with E-state index in [1.165, 1.54) is 0 Å². The standard InChI is InChI=1S/C10H5ClN2O/c11-7-1-3-12-10-8(7)9-6(5-13-10)2-4-14-9/h1-5H. The van der Waals surface area contributed by atoms with Crippen LogP contribution in [0.15, 0.2) is 35.2 Å². The van der Waals surface area contributed by atoms with E-state index in [0.29, 0.717) is 10.7 Å². The summed E-state index contributed by atoms with van der Waals surface area (Å²) >= 11 is 6.05. The highest BCUT2D eigenvalue weighted by Gasteiger charge is 2.08. The first-order valence-electron chi connectivity index (χ1n) is 4.13. The lowest BCUT2D eigenvalue weighted by Crippen LogP contribution is -1.83. The molecule has 3 aromatic rings. The van der Waals surface area contributed by atoms with Crippen molar-refractivity contribution >= 4 is 33.6 Å². The summed E-state index contributed by atoms with van der Waals surface area (Å²) in [6.45, 7) is 0. The fourth-order valence-electron chi connectivity index (χ4n) is 1.49. The van der Waals surface area contributed by atoms with Crippen LogP contribution >= 0.6 is 11.6 Å². The molecule has 0 aliphatic carbocycles. The van der Waals surface area contributed by atoms with Crippen LogP contribution in [0.3, 0.4) is 0 Å². The number of furan rings is 1. The van der Waals surface area contributed by atoms with Crippen molar-refractivity contribution in [1.82, 2.24) is 9.97 Å². The fraction of sp³-hybridized carbons (Fsp3) is 0. The Labute approximate surface area is 84.3 Å². The molecule has 3 heterocycles. The number of rotatable bonds is 0. The number of hydrogen-bond acceptors (Lipinski definition) is 3. The van der Waals surface area contributed by atoms with Gasteiger partial charge in [0.15, 0.2) is 5.65 Å². The minimum atomic E-state index is 0.611. The van der Waals surface area contributed by atoms with Gasteiger partial charge in [-0.15, -0.1) is 0 Å². The van der Waals surface area contributed by atoms with Gasteiger partial charge in [0, 0.05) is 17.8 Å². The lowest BCUT2D eigenvalue weighted by molar-refractivity contribution is 0.619. The van der Waals surface area contributed by atoms with E-state index in [-0.39, 0.29) is 0 Å². The molecule has 0 aromatic carbocycles. The molecule has 4 heteroatoms. The molecule has 3 rings (SSSR count). The van der Waals surface area contributed by atoms with E-state index < -0.39 is 0 Å². The van der Waals surface area contributed by atoms with Crippen LogP contribution in [0.1, 0.15) is 0 Å². The first-order chi connectivity index (χ1) is 6.86. The van der Waals surface area contributed by atoms with Gasteiger partial charge in [-0.25, -0.2) is 9.97 Å². The molecule has 3 nitrogen and oxygen atoms in total. The van der Waals surface area contributed by atoms with Crippen LogP contribution in [0.2, 0.25) is 5.02 Å². The fourth-order valence-corrected chi connectivity index (χ4v) is 1.72. The van der Waals surface area contributed by atoms with Gasteiger partial charge in [-0.05, 0) is 12.1 Å². The molecule has 68 valence electrons. The number of halogens is 1. The number of pyridine rings is 2. The molecule has 14 heavy (non-hydrogen) atoms. The zero-order valence-electron chi connectivity index (χ0n) is 7.07. The van der Waals surface area contributed by atoms with Crippen molar-refractivity contribution in [3.63, 3.8) is 0 Å². The molecule has 0 atom stereocenters. The second-order valence-corrected chi connectivity index (χ2v) is 3.36. The van der Waals surface area contributed by atoms with Gasteiger partial charge in [0.1, 0.15) is 5.58 Å². The molecular formula is C10H5ClN2O. The smallest absolute Gasteiger partial charge is 0.164 e. The molecule has 0 spiro atoms. The maximum Gasteiger partial charge on any atom is 0.164 e. The van der Waals surface area contributed by atoms with Crippen molar-refractivity contribution < 1.29 is 4.42 Å². The van der Waals surface area contributed by atoms with E-state index in [2.05, 4.69) is 9.97 Å². The maximum atomic E-state index is 6.05. The predicted octanol–water partition coefficient (Wildman–Crippen LogP) is 3.03. The Morgan fingerprint density at radius 1 is 1.21 bits per heavy atom. The van der Waals surface area contributed by atoms with Crippen LogP contribution in [-0.4, -0.2) is 9.97 Å². The highest BCUT2D eigenvalue weighted by Crippen LogP contribution is 2.28. The Bertz CT molecular complexity index is 618. The lowest BCUT2D eigenvalue weighted by atomic mass is 10.2. The summed E-state index contributed by atoms with van der Waals surface area (Å²) in [5, 5.41) is 2.33. The lowest BCUT2D eigenvalue weighted by Gasteiger charge is -1.98. The van der Waals surface area contributed by atoms with Crippen LogP contribution in [0, 0.1) is 0 Å². The summed E-state index contributed by atoms with van der Waals surface area (Å²) in [6.07, 6.45) is 4.98.